The van der Waals surface area contributed by atoms with Crippen LogP contribution in [0, 0.1) is 5.92 Å². The number of halogens is 1. The lowest BCUT2D eigenvalue weighted by Gasteiger charge is -2.24. The molecule has 1 fully saturated rings. The second-order valence-electron chi connectivity index (χ2n) is 7.71. The highest BCUT2D eigenvalue weighted by Gasteiger charge is 2.30. The Kier molecular flexibility index (Phi) is 5.14. The SMILES string of the molecule is CC(C)(C)OC(=O)N1CC[C@H](CNC(=O)c2cc3ccc(Cl)cc3[nH]2)C1. The number of hydrogen-bond donors (Lipinski definition) is 2. The first-order chi connectivity index (χ1) is 12.2. The van der Waals surface area contributed by atoms with Gasteiger partial charge in [-0.25, -0.2) is 4.79 Å². The van der Waals surface area contributed by atoms with Gasteiger partial charge in [0, 0.05) is 35.6 Å². The van der Waals surface area contributed by atoms with Crippen LogP contribution >= 0.6 is 11.6 Å². The van der Waals surface area contributed by atoms with Gasteiger partial charge in [-0.05, 0) is 51.3 Å². The Morgan fingerprint density at radius 2 is 2.12 bits per heavy atom. The molecule has 1 aromatic heterocycles. The van der Waals surface area contributed by atoms with E-state index in [0.29, 0.717) is 30.4 Å². The van der Waals surface area contributed by atoms with Crippen molar-refractivity contribution in [1.82, 2.24) is 15.2 Å². The van der Waals surface area contributed by atoms with Gasteiger partial charge in [-0.3, -0.25) is 4.79 Å². The Hall–Kier alpha value is -2.21. The van der Waals surface area contributed by atoms with Crippen molar-refractivity contribution in [3.63, 3.8) is 0 Å². The van der Waals surface area contributed by atoms with Crippen LogP contribution in [0.15, 0.2) is 24.3 Å². The number of likely N-dealkylation sites (tertiary alicyclic amines) is 1. The lowest BCUT2D eigenvalue weighted by Crippen LogP contribution is -2.36. The Morgan fingerprint density at radius 1 is 1.35 bits per heavy atom. The number of fused-ring (bicyclic) bond motifs is 1. The van der Waals surface area contributed by atoms with E-state index in [-0.39, 0.29) is 17.9 Å². The molecule has 2 amide bonds. The van der Waals surface area contributed by atoms with Gasteiger partial charge in [0.25, 0.3) is 5.91 Å². The fourth-order valence-electron chi connectivity index (χ4n) is 3.05. The smallest absolute Gasteiger partial charge is 0.410 e. The van der Waals surface area contributed by atoms with E-state index in [4.69, 9.17) is 16.3 Å². The largest absolute Gasteiger partial charge is 0.444 e. The van der Waals surface area contributed by atoms with Crippen LogP contribution in [0.25, 0.3) is 10.9 Å². The van der Waals surface area contributed by atoms with Gasteiger partial charge >= 0.3 is 6.09 Å². The monoisotopic (exact) mass is 377 g/mol. The number of ether oxygens (including phenoxy) is 1. The summed E-state index contributed by atoms with van der Waals surface area (Å²) in [7, 11) is 0. The fraction of sp³-hybridized carbons (Fsp3) is 0.474. The van der Waals surface area contributed by atoms with Crippen LogP contribution in [0.1, 0.15) is 37.7 Å². The third-order valence-corrected chi connectivity index (χ3v) is 4.55. The number of carbonyl (C=O) groups excluding carboxylic acids is 2. The number of aromatic nitrogens is 1. The van der Waals surface area contributed by atoms with Gasteiger partial charge in [-0.1, -0.05) is 17.7 Å². The second kappa shape index (κ2) is 7.19. The number of nitrogens with one attached hydrogen (secondary N) is 2. The molecule has 2 aromatic rings. The van der Waals surface area contributed by atoms with E-state index in [1.54, 1.807) is 17.0 Å². The average Bonchev–Trinajstić information content (AvgIpc) is 3.17. The number of H-pyrrole nitrogens is 1. The lowest BCUT2D eigenvalue weighted by atomic mass is 10.1. The van der Waals surface area contributed by atoms with Gasteiger partial charge in [-0.2, -0.15) is 0 Å². The minimum Gasteiger partial charge on any atom is -0.444 e. The van der Waals surface area contributed by atoms with Gasteiger partial charge < -0.3 is 19.9 Å². The molecular weight excluding hydrogens is 354 g/mol. The number of rotatable bonds is 3. The molecule has 1 aliphatic rings. The number of amides is 2. The summed E-state index contributed by atoms with van der Waals surface area (Å²) >= 11 is 5.97. The molecule has 0 bridgehead atoms. The van der Waals surface area contributed by atoms with Gasteiger partial charge in [0.05, 0.1) is 0 Å². The van der Waals surface area contributed by atoms with Gasteiger partial charge in [0.1, 0.15) is 11.3 Å². The summed E-state index contributed by atoms with van der Waals surface area (Å²) in [6.45, 7) is 7.33. The molecule has 2 heterocycles. The predicted molar refractivity (Wildman–Crippen MR) is 102 cm³/mol. The summed E-state index contributed by atoms with van der Waals surface area (Å²) in [4.78, 5) is 29.3. The number of hydrogen-bond acceptors (Lipinski definition) is 3. The van der Waals surface area contributed by atoms with Crippen molar-refractivity contribution in [3.05, 3.63) is 35.0 Å². The molecule has 0 unspecified atom stereocenters. The van der Waals surface area contributed by atoms with Crippen LogP contribution < -0.4 is 5.32 Å². The third kappa shape index (κ3) is 4.49. The summed E-state index contributed by atoms with van der Waals surface area (Å²) in [5.41, 5.74) is 0.839. The molecule has 3 rings (SSSR count). The Bertz CT molecular complexity index is 825. The van der Waals surface area contributed by atoms with E-state index < -0.39 is 5.60 Å². The Balaban J connectivity index is 1.52. The minimum atomic E-state index is -0.498. The van der Waals surface area contributed by atoms with Gasteiger partial charge in [0.15, 0.2) is 0 Å². The number of aromatic amines is 1. The topological polar surface area (TPSA) is 74.4 Å². The predicted octanol–water partition coefficient (Wildman–Crippen LogP) is 3.81. The first-order valence-corrected chi connectivity index (χ1v) is 9.13. The van der Waals surface area contributed by atoms with Crippen molar-refractivity contribution in [3.8, 4) is 0 Å². The summed E-state index contributed by atoms with van der Waals surface area (Å²) in [5.74, 6) is 0.0679. The summed E-state index contributed by atoms with van der Waals surface area (Å²) in [5, 5.41) is 4.51. The fourth-order valence-corrected chi connectivity index (χ4v) is 3.22. The van der Waals surface area contributed by atoms with Crippen molar-refractivity contribution in [2.45, 2.75) is 32.8 Å². The molecule has 0 radical (unpaired) electrons. The first-order valence-electron chi connectivity index (χ1n) is 8.76. The first kappa shape index (κ1) is 18.6. The van der Waals surface area contributed by atoms with Crippen molar-refractivity contribution in [1.29, 1.82) is 0 Å². The number of nitrogens with zero attached hydrogens (tertiary/aromatic N) is 1. The highest BCUT2D eigenvalue weighted by Crippen LogP contribution is 2.21. The van der Waals surface area contributed by atoms with Crippen molar-refractivity contribution in [2.75, 3.05) is 19.6 Å². The molecule has 1 saturated heterocycles. The van der Waals surface area contributed by atoms with Crippen LogP contribution in [-0.2, 0) is 4.74 Å². The highest BCUT2D eigenvalue weighted by molar-refractivity contribution is 6.31. The van der Waals surface area contributed by atoms with Crippen LogP contribution in [-0.4, -0.2) is 47.1 Å². The zero-order chi connectivity index (χ0) is 18.9. The summed E-state index contributed by atoms with van der Waals surface area (Å²) in [6.07, 6.45) is 0.556. The quantitative estimate of drug-likeness (QED) is 0.854. The van der Waals surface area contributed by atoms with E-state index in [0.717, 1.165) is 17.3 Å². The molecule has 7 heteroatoms. The van der Waals surface area contributed by atoms with E-state index in [1.165, 1.54) is 0 Å². The van der Waals surface area contributed by atoms with E-state index in [2.05, 4.69) is 10.3 Å². The van der Waals surface area contributed by atoms with Crippen molar-refractivity contribution >= 4 is 34.5 Å². The molecule has 0 aliphatic carbocycles. The van der Waals surface area contributed by atoms with Crippen LogP contribution in [0.4, 0.5) is 4.79 Å². The third-order valence-electron chi connectivity index (χ3n) is 4.32. The molecular formula is C19H24ClN3O3. The number of benzene rings is 1. The highest BCUT2D eigenvalue weighted by atomic mass is 35.5. The second-order valence-corrected chi connectivity index (χ2v) is 8.14. The molecule has 140 valence electrons. The van der Waals surface area contributed by atoms with Crippen LogP contribution in [0.3, 0.4) is 0 Å². The molecule has 1 atom stereocenters. The average molecular weight is 378 g/mol. The van der Waals surface area contributed by atoms with Crippen molar-refractivity contribution < 1.29 is 14.3 Å². The minimum absolute atomic E-state index is 0.159. The maximum atomic E-state index is 12.4. The zero-order valence-electron chi connectivity index (χ0n) is 15.3. The van der Waals surface area contributed by atoms with Gasteiger partial charge in [0.2, 0.25) is 0 Å². The van der Waals surface area contributed by atoms with Crippen LogP contribution in [0.5, 0.6) is 0 Å². The molecule has 0 spiro atoms. The maximum Gasteiger partial charge on any atom is 0.410 e. The van der Waals surface area contributed by atoms with E-state index in [9.17, 15) is 9.59 Å². The molecule has 26 heavy (non-hydrogen) atoms. The molecule has 6 nitrogen and oxygen atoms in total. The molecule has 1 aromatic carbocycles. The van der Waals surface area contributed by atoms with E-state index >= 15 is 0 Å². The molecule has 1 aliphatic heterocycles. The maximum absolute atomic E-state index is 12.4. The molecule has 2 N–H and O–H groups in total. The van der Waals surface area contributed by atoms with Crippen LogP contribution in [0.2, 0.25) is 5.02 Å². The molecule has 0 saturated carbocycles. The lowest BCUT2D eigenvalue weighted by molar-refractivity contribution is 0.0288. The normalized spacial score (nSPS) is 17.5. The summed E-state index contributed by atoms with van der Waals surface area (Å²) < 4.78 is 5.39. The summed E-state index contributed by atoms with van der Waals surface area (Å²) in [6, 6.07) is 7.27. The standard InChI is InChI=1S/C19H24ClN3O3/c1-19(2,3)26-18(25)23-7-6-12(11-23)10-21-17(24)16-8-13-4-5-14(20)9-15(13)22-16/h4-5,8-9,12,22H,6-7,10-11H2,1-3H3,(H,21,24)/t12-/m1/s1. The Labute approximate surface area is 157 Å². The van der Waals surface area contributed by atoms with Crippen molar-refractivity contribution in [2.24, 2.45) is 5.92 Å². The number of carbonyl (C=O) groups is 2. The zero-order valence-corrected chi connectivity index (χ0v) is 16.0. The van der Waals surface area contributed by atoms with Gasteiger partial charge in [-0.15, -0.1) is 0 Å². The Morgan fingerprint density at radius 3 is 2.85 bits per heavy atom. The van der Waals surface area contributed by atoms with E-state index in [1.807, 2.05) is 32.9 Å².